The zero-order chi connectivity index (χ0) is 28.9. The van der Waals surface area contributed by atoms with Crippen LogP contribution in [-0.2, 0) is 5.41 Å². The summed E-state index contributed by atoms with van der Waals surface area (Å²) >= 11 is 0. The lowest BCUT2D eigenvalue weighted by atomic mass is 9.78. The summed E-state index contributed by atoms with van der Waals surface area (Å²) in [5, 5.41) is 0. The Labute approximate surface area is 250 Å². The molecule has 0 aliphatic rings. The van der Waals surface area contributed by atoms with Gasteiger partial charge in [-0.1, -0.05) is 116 Å². The fraction of sp³-hybridized carbons (Fsp3) is 0.100. The van der Waals surface area contributed by atoms with Crippen LogP contribution < -0.4 is 9.80 Å². The van der Waals surface area contributed by atoms with Gasteiger partial charge in [0.1, 0.15) is 0 Å². The summed E-state index contributed by atoms with van der Waals surface area (Å²) in [7, 11) is 0. The molecule has 0 saturated heterocycles. The smallest absolute Gasteiger partial charge is 0.0482 e. The van der Waals surface area contributed by atoms with Gasteiger partial charge in [0.15, 0.2) is 0 Å². The Balaban J connectivity index is 1.42. The van der Waals surface area contributed by atoms with Crippen LogP contribution in [0.25, 0.3) is 0 Å². The first kappa shape index (κ1) is 27.1. The number of hydrogen-bond acceptors (Lipinski definition) is 2. The number of anilines is 6. The van der Waals surface area contributed by atoms with Crippen LogP contribution in [0.5, 0.6) is 0 Å². The molecular formula is C40H36N2. The summed E-state index contributed by atoms with van der Waals surface area (Å²) < 4.78 is 0. The molecule has 0 bridgehead atoms. The first-order valence-electron chi connectivity index (χ1n) is 14.5. The average Bonchev–Trinajstić information content (AvgIpc) is 3.04. The average molecular weight is 545 g/mol. The fourth-order valence-electron chi connectivity index (χ4n) is 5.56. The van der Waals surface area contributed by atoms with Gasteiger partial charge in [-0.2, -0.15) is 0 Å². The summed E-state index contributed by atoms with van der Waals surface area (Å²) in [5.41, 5.74) is 10.5. The van der Waals surface area contributed by atoms with E-state index in [2.05, 4.69) is 194 Å². The predicted octanol–water partition coefficient (Wildman–Crippen LogP) is 11.3. The predicted molar refractivity (Wildman–Crippen MR) is 179 cm³/mol. The molecule has 0 amide bonds. The second kappa shape index (κ2) is 11.8. The van der Waals surface area contributed by atoms with Crippen molar-refractivity contribution in [3.8, 4) is 0 Å². The highest BCUT2D eigenvalue weighted by Gasteiger charge is 2.24. The number of hydrogen-bond donors (Lipinski definition) is 0. The van der Waals surface area contributed by atoms with Crippen molar-refractivity contribution in [3.05, 3.63) is 180 Å². The van der Waals surface area contributed by atoms with Crippen LogP contribution in [0.2, 0.25) is 0 Å². The molecule has 0 N–H and O–H groups in total. The molecule has 0 aromatic heterocycles. The Bertz CT molecular complexity index is 1680. The summed E-state index contributed by atoms with van der Waals surface area (Å²) in [6, 6.07) is 58.4. The van der Waals surface area contributed by atoms with Crippen LogP contribution in [0.1, 0.15) is 30.5 Å². The van der Waals surface area contributed by atoms with E-state index in [-0.39, 0.29) is 5.41 Å². The molecule has 0 unspecified atom stereocenters. The quantitative estimate of drug-likeness (QED) is 0.188. The van der Waals surface area contributed by atoms with E-state index in [0.717, 1.165) is 34.1 Å². The maximum atomic E-state index is 2.33. The van der Waals surface area contributed by atoms with Gasteiger partial charge in [0.25, 0.3) is 0 Å². The van der Waals surface area contributed by atoms with Gasteiger partial charge < -0.3 is 9.80 Å². The Morgan fingerprint density at radius 2 is 0.690 bits per heavy atom. The van der Waals surface area contributed by atoms with Gasteiger partial charge in [0.2, 0.25) is 0 Å². The molecule has 0 atom stereocenters. The minimum atomic E-state index is -0.102. The molecule has 0 aliphatic heterocycles. The Morgan fingerprint density at radius 3 is 1.10 bits per heavy atom. The molecule has 0 heterocycles. The van der Waals surface area contributed by atoms with E-state index in [4.69, 9.17) is 0 Å². The van der Waals surface area contributed by atoms with E-state index < -0.39 is 0 Å². The van der Waals surface area contributed by atoms with Gasteiger partial charge in [0.05, 0.1) is 0 Å². The van der Waals surface area contributed by atoms with Crippen molar-refractivity contribution in [1.82, 2.24) is 0 Å². The lowest BCUT2D eigenvalue weighted by molar-refractivity contribution is 0.640. The minimum Gasteiger partial charge on any atom is -0.310 e. The molecule has 0 saturated carbocycles. The van der Waals surface area contributed by atoms with Crippen LogP contribution in [0, 0.1) is 6.92 Å². The molecule has 42 heavy (non-hydrogen) atoms. The molecule has 206 valence electrons. The largest absolute Gasteiger partial charge is 0.310 e. The first-order chi connectivity index (χ1) is 20.5. The van der Waals surface area contributed by atoms with Crippen LogP contribution in [0.4, 0.5) is 34.1 Å². The fourth-order valence-corrected chi connectivity index (χ4v) is 5.56. The third-order valence-corrected chi connectivity index (χ3v) is 8.01. The first-order valence-corrected chi connectivity index (χ1v) is 14.5. The lowest BCUT2D eigenvalue weighted by Gasteiger charge is -2.30. The molecule has 0 radical (unpaired) electrons. The van der Waals surface area contributed by atoms with Crippen molar-refractivity contribution in [1.29, 1.82) is 0 Å². The van der Waals surface area contributed by atoms with Gasteiger partial charge in [-0.25, -0.2) is 0 Å². The van der Waals surface area contributed by atoms with E-state index in [1.165, 1.54) is 16.7 Å². The molecule has 0 aliphatic carbocycles. The topological polar surface area (TPSA) is 6.48 Å². The SMILES string of the molecule is Cc1ccc(C(C)(C)c2ccc(N(c3ccccc3)c3cccc(N(c4ccccc4)c4ccccc4)c3)cc2)cc1. The van der Waals surface area contributed by atoms with Crippen molar-refractivity contribution in [2.45, 2.75) is 26.2 Å². The van der Waals surface area contributed by atoms with Crippen LogP contribution in [0.3, 0.4) is 0 Å². The van der Waals surface area contributed by atoms with Crippen LogP contribution in [0.15, 0.2) is 164 Å². The highest BCUT2D eigenvalue weighted by atomic mass is 15.2. The second-order valence-corrected chi connectivity index (χ2v) is 11.2. The zero-order valence-corrected chi connectivity index (χ0v) is 24.5. The van der Waals surface area contributed by atoms with Gasteiger partial charge in [-0.05, 0) is 84.8 Å². The number of para-hydroxylation sites is 3. The van der Waals surface area contributed by atoms with E-state index >= 15 is 0 Å². The zero-order valence-electron chi connectivity index (χ0n) is 24.5. The maximum Gasteiger partial charge on any atom is 0.0482 e. The van der Waals surface area contributed by atoms with Crippen molar-refractivity contribution in [3.63, 3.8) is 0 Å². The van der Waals surface area contributed by atoms with E-state index in [1.807, 2.05) is 0 Å². The van der Waals surface area contributed by atoms with Gasteiger partial charge in [-0.15, -0.1) is 0 Å². The summed E-state index contributed by atoms with van der Waals surface area (Å²) in [5.74, 6) is 0. The van der Waals surface area contributed by atoms with Crippen LogP contribution >= 0.6 is 0 Å². The molecule has 6 aromatic rings. The van der Waals surface area contributed by atoms with Crippen LogP contribution in [-0.4, -0.2) is 0 Å². The number of nitrogens with zero attached hydrogens (tertiary/aromatic N) is 2. The highest BCUT2D eigenvalue weighted by Crippen LogP contribution is 2.41. The Morgan fingerprint density at radius 1 is 0.357 bits per heavy atom. The minimum absolute atomic E-state index is 0.102. The van der Waals surface area contributed by atoms with E-state index in [0.29, 0.717) is 0 Å². The van der Waals surface area contributed by atoms with Gasteiger partial charge >= 0.3 is 0 Å². The number of benzene rings is 6. The van der Waals surface area contributed by atoms with Crippen molar-refractivity contribution < 1.29 is 0 Å². The molecule has 0 fully saturated rings. The number of rotatable bonds is 8. The highest BCUT2D eigenvalue weighted by molar-refractivity contribution is 5.83. The third kappa shape index (κ3) is 5.57. The molecule has 2 nitrogen and oxygen atoms in total. The Kier molecular flexibility index (Phi) is 7.62. The summed E-state index contributed by atoms with van der Waals surface area (Å²) in [6.45, 7) is 6.73. The molecule has 6 aromatic carbocycles. The normalized spacial score (nSPS) is 11.2. The van der Waals surface area contributed by atoms with Crippen molar-refractivity contribution >= 4 is 34.1 Å². The Hall–Kier alpha value is -5.08. The molecule has 2 heteroatoms. The van der Waals surface area contributed by atoms with Gasteiger partial charge in [0, 0.05) is 39.5 Å². The summed E-state index contributed by atoms with van der Waals surface area (Å²) in [6.07, 6.45) is 0. The number of aryl methyl sites for hydroxylation is 1. The second-order valence-electron chi connectivity index (χ2n) is 11.2. The van der Waals surface area contributed by atoms with Gasteiger partial charge in [-0.3, -0.25) is 0 Å². The van der Waals surface area contributed by atoms with Crippen molar-refractivity contribution in [2.75, 3.05) is 9.80 Å². The molecule has 6 rings (SSSR count). The third-order valence-electron chi connectivity index (χ3n) is 8.01. The lowest BCUT2D eigenvalue weighted by Crippen LogP contribution is -2.19. The standard InChI is InChI=1S/C40H36N2/c1-31-22-24-32(25-23-31)40(2,3)33-26-28-37(29-27-33)42(36-18-11-6-12-19-36)39-21-13-20-38(30-39)41(34-14-7-4-8-15-34)35-16-9-5-10-17-35/h4-30H,1-3H3. The van der Waals surface area contributed by atoms with E-state index in [9.17, 15) is 0 Å². The maximum absolute atomic E-state index is 2.33. The van der Waals surface area contributed by atoms with Crippen molar-refractivity contribution in [2.24, 2.45) is 0 Å². The molecular weight excluding hydrogens is 508 g/mol. The molecule has 0 spiro atoms. The van der Waals surface area contributed by atoms with E-state index in [1.54, 1.807) is 0 Å². The summed E-state index contributed by atoms with van der Waals surface area (Å²) in [4.78, 5) is 4.64. The monoisotopic (exact) mass is 544 g/mol.